The van der Waals surface area contributed by atoms with E-state index >= 15 is 0 Å². The predicted molar refractivity (Wildman–Crippen MR) is 115 cm³/mol. The summed E-state index contributed by atoms with van der Waals surface area (Å²) in [5.41, 5.74) is 1.72. The molecular formula is C20H26N6O2S. The van der Waals surface area contributed by atoms with E-state index in [-0.39, 0.29) is 5.97 Å². The van der Waals surface area contributed by atoms with E-state index in [1.54, 1.807) is 11.3 Å². The van der Waals surface area contributed by atoms with Crippen molar-refractivity contribution < 1.29 is 9.53 Å². The summed E-state index contributed by atoms with van der Waals surface area (Å²) in [5.74, 6) is 2.02. The van der Waals surface area contributed by atoms with Gasteiger partial charge in [0, 0.05) is 38.0 Å². The van der Waals surface area contributed by atoms with Crippen LogP contribution in [0.5, 0.6) is 0 Å². The van der Waals surface area contributed by atoms with Crippen molar-refractivity contribution in [1.29, 1.82) is 0 Å². The summed E-state index contributed by atoms with van der Waals surface area (Å²) < 4.78 is 4.79. The molecule has 4 rings (SSSR count). The van der Waals surface area contributed by atoms with Crippen molar-refractivity contribution in [2.24, 2.45) is 10.9 Å². The van der Waals surface area contributed by atoms with Gasteiger partial charge in [-0.25, -0.2) is 9.97 Å². The number of carbonyl (C=O) groups is 1. The molecule has 4 heterocycles. The number of guanidine groups is 1. The van der Waals surface area contributed by atoms with Crippen LogP contribution in [0.15, 0.2) is 28.6 Å². The number of aromatic nitrogens is 2. The Hall–Kier alpha value is -2.68. The van der Waals surface area contributed by atoms with Gasteiger partial charge in [0.2, 0.25) is 0 Å². The van der Waals surface area contributed by atoms with Crippen LogP contribution in [0.4, 0.5) is 10.9 Å². The molecule has 2 aromatic rings. The zero-order chi connectivity index (χ0) is 20.1. The Bertz CT molecular complexity index is 875. The molecule has 2 aromatic heterocycles. The summed E-state index contributed by atoms with van der Waals surface area (Å²) in [5, 5.41) is 9.31. The van der Waals surface area contributed by atoms with E-state index in [0.717, 1.165) is 73.7 Å². The summed E-state index contributed by atoms with van der Waals surface area (Å²) in [6, 6.07) is 6.05. The number of anilines is 2. The second kappa shape index (κ2) is 9.21. The Kier molecular flexibility index (Phi) is 6.24. The Morgan fingerprint density at radius 2 is 2.17 bits per heavy atom. The quantitative estimate of drug-likeness (QED) is 0.727. The maximum atomic E-state index is 11.5. The van der Waals surface area contributed by atoms with Gasteiger partial charge in [-0.1, -0.05) is 6.07 Å². The largest absolute Gasteiger partial charge is 0.469 e. The lowest BCUT2D eigenvalue weighted by Crippen LogP contribution is -2.35. The maximum absolute atomic E-state index is 11.5. The van der Waals surface area contributed by atoms with Gasteiger partial charge in [-0.15, -0.1) is 11.3 Å². The zero-order valence-corrected chi connectivity index (χ0v) is 17.4. The third-order valence-electron chi connectivity index (χ3n) is 5.25. The van der Waals surface area contributed by atoms with Crippen LogP contribution < -0.4 is 15.5 Å². The summed E-state index contributed by atoms with van der Waals surface area (Å²) >= 11 is 1.55. The molecule has 154 valence electrons. The second-order valence-electron chi connectivity index (χ2n) is 7.27. The van der Waals surface area contributed by atoms with Crippen LogP contribution in [-0.4, -0.2) is 55.2 Å². The van der Waals surface area contributed by atoms with Crippen molar-refractivity contribution in [3.63, 3.8) is 0 Å². The number of piperidine rings is 1. The molecule has 1 saturated heterocycles. The van der Waals surface area contributed by atoms with Gasteiger partial charge in [-0.05, 0) is 37.3 Å². The monoisotopic (exact) mass is 414 g/mol. The third kappa shape index (κ3) is 5.03. The van der Waals surface area contributed by atoms with Gasteiger partial charge in [-0.3, -0.25) is 9.79 Å². The molecule has 0 radical (unpaired) electrons. The second-order valence-corrected chi connectivity index (χ2v) is 8.12. The molecule has 1 fully saturated rings. The first kappa shape index (κ1) is 19.6. The van der Waals surface area contributed by atoms with Gasteiger partial charge >= 0.3 is 5.97 Å². The van der Waals surface area contributed by atoms with Crippen LogP contribution in [-0.2, 0) is 9.53 Å². The lowest BCUT2D eigenvalue weighted by atomic mass is 9.93. The first-order valence-corrected chi connectivity index (χ1v) is 10.9. The number of hydrogen-bond donors (Lipinski definition) is 2. The Labute approximate surface area is 174 Å². The Morgan fingerprint density at radius 1 is 1.31 bits per heavy atom. The Balaban J connectivity index is 1.39. The minimum Gasteiger partial charge on any atom is -0.469 e. The van der Waals surface area contributed by atoms with Gasteiger partial charge in [-0.2, -0.15) is 0 Å². The molecule has 0 unspecified atom stereocenters. The number of hydrogen-bond acceptors (Lipinski definition) is 9. The van der Waals surface area contributed by atoms with Crippen molar-refractivity contribution in [1.82, 2.24) is 15.3 Å². The highest BCUT2D eigenvalue weighted by atomic mass is 32.1. The van der Waals surface area contributed by atoms with Crippen LogP contribution in [0.25, 0.3) is 11.4 Å². The number of pyridine rings is 1. The molecule has 0 amide bonds. The molecule has 2 N–H and O–H groups in total. The molecule has 2 aliphatic heterocycles. The average Bonchev–Trinajstić information content (AvgIpc) is 3.23. The molecule has 0 aliphatic carbocycles. The highest BCUT2D eigenvalue weighted by Gasteiger charge is 2.23. The van der Waals surface area contributed by atoms with E-state index in [9.17, 15) is 4.79 Å². The smallest absolute Gasteiger partial charge is 0.305 e. The molecule has 0 bridgehead atoms. The van der Waals surface area contributed by atoms with Crippen molar-refractivity contribution in [3.8, 4) is 11.4 Å². The maximum Gasteiger partial charge on any atom is 0.305 e. The van der Waals surface area contributed by atoms with E-state index in [0.29, 0.717) is 12.3 Å². The SMILES string of the molecule is COC(=O)CC1CCN(c2cccc(-c3csc(NC4=NCCCN4)n3)n2)CC1. The van der Waals surface area contributed by atoms with E-state index in [1.165, 1.54) is 7.11 Å². The van der Waals surface area contributed by atoms with Crippen molar-refractivity contribution >= 4 is 34.2 Å². The first-order valence-electron chi connectivity index (χ1n) is 10.0. The normalized spacial score (nSPS) is 17.4. The zero-order valence-electron chi connectivity index (χ0n) is 16.6. The molecule has 29 heavy (non-hydrogen) atoms. The number of nitrogens with zero attached hydrogens (tertiary/aromatic N) is 4. The number of esters is 1. The summed E-state index contributed by atoms with van der Waals surface area (Å²) in [6.07, 6.45) is 3.51. The van der Waals surface area contributed by atoms with Crippen molar-refractivity contribution in [2.45, 2.75) is 25.7 Å². The number of nitrogens with one attached hydrogen (secondary N) is 2. The molecule has 2 aliphatic rings. The lowest BCUT2D eigenvalue weighted by molar-refractivity contribution is -0.141. The molecule has 8 nitrogen and oxygen atoms in total. The van der Waals surface area contributed by atoms with Crippen molar-refractivity contribution in [2.75, 3.05) is 43.5 Å². The van der Waals surface area contributed by atoms with Crippen LogP contribution in [0.1, 0.15) is 25.7 Å². The first-order chi connectivity index (χ1) is 14.2. The van der Waals surface area contributed by atoms with Gasteiger partial charge in [0.1, 0.15) is 11.5 Å². The van der Waals surface area contributed by atoms with E-state index in [4.69, 9.17) is 9.72 Å². The fourth-order valence-electron chi connectivity index (χ4n) is 3.59. The fraction of sp³-hybridized carbons (Fsp3) is 0.500. The van der Waals surface area contributed by atoms with Gasteiger partial charge < -0.3 is 20.3 Å². The number of carbonyl (C=O) groups excluding carboxylic acids is 1. The highest BCUT2D eigenvalue weighted by Crippen LogP contribution is 2.28. The van der Waals surface area contributed by atoms with E-state index in [2.05, 4.69) is 25.5 Å². The number of methoxy groups -OCH3 is 1. The topological polar surface area (TPSA) is 91.7 Å². The molecular weight excluding hydrogens is 388 g/mol. The standard InChI is InChI=1S/C20H26N6O2S/c1-28-18(27)12-14-6-10-26(11-7-14)17-5-2-4-15(23-17)16-13-29-20(24-16)25-19-21-8-3-9-22-19/h2,4-5,13-14H,3,6-12H2,1H3,(H2,21,22,24,25). The number of ether oxygens (including phenoxy) is 1. The Morgan fingerprint density at radius 3 is 2.93 bits per heavy atom. The number of rotatable bonds is 5. The summed E-state index contributed by atoms with van der Waals surface area (Å²) in [4.78, 5) is 27.7. The minimum atomic E-state index is -0.120. The minimum absolute atomic E-state index is 0.120. The summed E-state index contributed by atoms with van der Waals surface area (Å²) in [6.45, 7) is 3.57. The predicted octanol–water partition coefficient (Wildman–Crippen LogP) is 2.75. The van der Waals surface area contributed by atoms with Gasteiger partial charge in [0.25, 0.3) is 0 Å². The van der Waals surface area contributed by atoms with Crippen LogP contribution in [0, 0.1) is 5.92 Å². The molecule has 0 aromatic carbocycles. The molecule has 9 heteroatoms. The van der Waals surface area contributed by atoms with E-state index < -0.39 is 0 Å². The molecule has 0 saturated carbocycles. The van der Waals surface area contributed by atoms with Gasteiger partial charge in [0.05, 0.1) is 12.8 Å². The average molecular weight is 415 g/mol. The molecule has 0 spiro atoms. The summed E-state index contributed by atoms with van der Waals surface area (Å²) in [7, 11) is 1.45. The lowest BCUT2D eigenvalue weighted by Gasteiger charge is -2.32. The van der Waals surface area contributed by atoms with E-state index in [1.807, 2.05) is 23.6 Å². The highest BCUT2D eigenvalue weighted by molar-refractivity contribution is 7.14. The van der Waals surface area contributed by atoms with Crippen molar-refractivity contribution in [3.05, 3.63) is 23.6 Å². The van der Waals surface area contributed by atoms with Crippen LogP contribution >= 0.6 is 11.3 Å². The number of aliphatic imine (C=N–C) groups is 1. The fourth-order valence-corrected chi connectivity index (χ4v) is 4.30. The third-order valence-corrected chi connectivity index (χ3v) is 6.00. The van der Waals surface area contributed by atoms with Crippen LogP contribution in [0.3, 0.4) is 0 Å². The molecule has 0 atom stereocenters. The van der Waals surface area contributed by atoms with Crippen LogP contribution in [0.2, 0.25) is 0 Å². The number of thiazole rings is 1. The van der Waals surface area contributed by atoms with Gasteiger partial charge in [0.15, 0.2) is 11.1 Å².